The number of hydrogen-bond acceptors (Lipinski definition) is 4. The van der Waals surface area contributed by atoms with E-state index in [0.29, 0.717) is 17.5 Å². The molecule has 0 aromatic heterocycles. The number of ether oxygens (including phenoxy) is 1. The molecule has 2 rings (SSSR count). The molecule has 0 aliphatic heterocycles. The molecule has 1 atom stereocenters. The van der Waals surface area contributed by atoms with Gasteiger partial charge in [0.1, 0.15) is 5.78 Å². The highest BCUT2D eigenvalue weighted by atomic mass is 32.2. The second-order valence-corrected chi connectivity index (χ2v) is 6.61. The van der Waals surface area contributed by atoms with Crippen LogP contribution >= 0.6 is 11.8 Å². The van der Waals surface area contributed by atoms with Gasteiger partial charge in [0.2, 0.25) is 0 Å². The maximum atomic E-state index is 11.4. The quantitative estimate of drug-likeness (QED) is 0.709. The zero-order valence-electron chi connectivity index (χ0n) is 10.4. The van der Waals surface area contributed by atoms with Crippen LogP contribution in [0.4, 0.5) is 0 Å². The molecule has 0 heterocycles. The summed E-state index contributed by atoms with van der Waals surface area (Å²) in [5.74, 6) is 1.33. The largest absolute Gasteiger partial charge is 0.469 e. The lowest BCUT2D eigenvalue weighted by molar-refractivity contribution is -0.141. The van der Waals surface area contributed by atoms with Gasteiger partial charge in [-0.25, -0.2) is 0 Å². The molecule has 0 radical (unpaired) electrons. The molecule has 4 heteroatoms. The van der Waals surface area contributed by atoms with Gasteiger partial charge in [-0.15, -0.1) is 0 Å². The lowest BCUT2D eigenvalue weighted by Gasteiger charge is -2.22. The van der Waals surface area contributed by atoms with E-state index in [0.717, 1.165) is 44.3 Å². The first kappa shape index (κ1) is 12.9. The van der Waals surface area contributed by atoms with Crippen LogP contribution in [0.25, 0.3) is 0 Å². The molecule has 0 spiro atoms. The highest BCUT2D eigenvalue weighted by Crippen LogP contribution is 2.52. The number of ketones is 1. The van der Waals surface area contributed by atoms with E-state index in [2.05, 4.69) is 0 Å². The first-order valence-electron chi connectivity index (χ1n) is 6.34. The lowest BCUT2D eigenvalue weighted by atomic mass is 9.99. The lowest BCUT2D eigenvalue weighted by Crippen LogP contribution is -2.20. The topological polar surface area (TPSA) is 43.4 Å². The predicted molar refractivity (Wildman–Crippen MR) is 68.0 cm³/mol. The van der Waals surface area contributed by atoms with Crippen LogP contribution in [0.1, 0.15) is 44.9 Å². The van der Waals surface area contributed by atoms with E-state index < -0.39 is 0 Å². The van der Waals surface area contributed by atoms with Gasteiger partial charge < -0.3 is 4.74 Å². The number of esters is 1. The van der Waals surface area contributed by atoms with Crippen LogP contribution in [0.15, 0.2) is 0 Å². The molecular weight excluding hydrogens is 236 g/mol. The third-order valence-corrected chi connectivity index (χ3v) is 5.42. The summed E-state index contributed by atoms with van der Waals surface area (Å²) in [7, 11) is 1.45. The fourth-order valence-corrected chi connectivity index (χ4v) is 3.97. The Kier molecular flexibility index (Phi) is 4.13. The summed E-state index contributed by atoms with van der Waals surface area (Å²) in [6.45, 7) is 0. The minimum atomic E-state index is -0.0946. The predicted octanol–water partition coefficient (Wildman–Crippen LogP) is 2.57. The second-order valence-electron chi connectivity index (χ2n) is 5.32. The van der Waals surface area contributed by atoms with Crippen LogP contribution in [0.5, 0.6) is 0 Å². The van der Waals surface area contributed by atoms with Crippen molar-refractivity contribution in [3.8, 4) is 0 Å². The number of rotatable bonds is 5. The normalized spacial score (nSPS) is 26.6. The van der Waals surface area contributed by atoms with Gasteiger partial charge in [-0.05, 0) is 36.9 Å². The van der Waals surface area contributed by atoms with Gasteiger partial charge in [0, 0.05) is 18.1 Å². The molecule has 0 bridgehead atoms. The number of thioether (sulfide) groups is 1. The molecule has 17 heavy (non-hydrogen) atoms. The van der Waals surface area contributed by atoms with Crippen LogP contribution in [-0.2, 0) is 14.3 Å². The van der Waals surface area contributed by atoms with Gasteiger partial charge in [-0.3, -0.25) is 9.59 Å². The van der Waals surface area contributed by atoms with Crippen molar-refractivity contribution in [3.05, 3.63) is 0 Å². The Balaban J connectivity index is 1.74. The van der Waals surface area contributed by atoms with Gasteiger partial charge in [-0.1, -0.05) is 0 Å². The summed E-state index contributed by atoms with van der Waals surface area (Å²) in [6, 6.07) is 0. The number of carbonyl (C=O) groups is 2. The van der Waals surface area contributed by atoms with Crippen LogP contribution in [-0.4, -0.2) is 29.9 Å². The summed E-state index contributed by atoms with van der Waals surface area (Å²) >= 11 is 1.89. The van der Waals surface area contributed by atoms with E-state index in [-0.39, 0.29) is 11.4 Å². The van der Waals surface area contributed by atoms with Crippen LogP contribution in [0.2, 0.25) is 0 Å². The summed E-state index contributed by atoms with van der Waals surface area (Å²) in [5, 5.41) is 0.492. The molecule has 0 aromatic carbocycles. The van der Waals surface area contributed by atoms with Crippen LogP contribution in [0.3, 0.4) is 0 Å². The highest BCUT2D eigenvalue weighted by Gasteiger charge is 2.45. The van der Waals surface area contributed by atoms with Crippen molar-refractivity contribution in [2.45, 2.75) is 50.2 Å². The third-order valence-electron chi connectivity index (χ3n) is 3.77. The fraction of sp³-hybridized carbons (Fsp3) is 0.846. The maximum Gasteiger partial charge on any atom is 0.306 e. The van der Waals surface area contributed by atoms with Gasteiger partial charge in [-0.2, -0.15) is 11.8 Å². The molecular formula is C13H20O3S. The van der Waals surface area contributed by atoms with Crippen LogP contribution < -0.4 is 0 Å². The van der Waals surface area contributed by atoms with E-state index in [1.807, 2.05) is 11.8 Å². The average Bonchev–Trinajstić information content (AvgIpc) is 3.07. The zero-order chi connectivity index (χ0) is 12.3. The Morgan fingerprint density at radius 1 is 1.53 bits per heavy atom. The molecule has 2 saturated carbocycles. The summed E-state index contributed by atoms with van der Waals surface area (Å²) in [4.78, 5) is 22.6. The molecule has 0 saturated heterocycles. The van der Waals surface area contributed by atoms with Gasteiger partial charge in [0.25, 0.3) is 0 Å². The summed E-state index contributed by atoms with van der Waals surface area (Å²) < 4.78 is 4.73. The SMILES string of the molecule is COC(=O)CC1(CSC2CCCC(=O)C2)CC1. The number of methoxy groups -OCH3 is 1. The summed E-state index contributed by atoms with van der Waals surface area (Å²) in [6.07, 6.45) is 6.53. The number of carbonyl (C=O) groups excluding carboxylic acids is 2. The minimum absolute atomic E-state index is 0.0946. The highest BCUT2D eigenvalue weighted by molar-refractivity contribution is 7.99. The Labute approximate surface area is 107 Å². The molecule has 3 nitrogen and oxygen atoms in total. The minimum Gasteiger partial charge on any atom is -0.469 e. The smallest absolute Gasteiger partial charge is 0.306 e. The van der Waals surface area contributed by atoms with Crippen molar-refractivity contribution in [2.75, 3.05) is 12.9 Å². The zero-order valence-corrected chi connectivity index (χ0v) is 11.2. The fourth-order valence-electron chi connectivity index (χ4n) is 2.35. The first-order valence-corrected chi connectivity index (χ1v) is 7.39. The van der Waals surface area contributed by atoms with Crippen molar-refractivity contribution in [1.29, 1.82) is 0 Å². The van der Waals surface area contributed by atoms with Gasteiger partial charge >= 0.3 is 5.97 Å². The van der Waals surface area contributed by atoms with Gasteiger partial charge in [0.05, 0.1) is 13.5 Å². The molecule has 2 aliphatic rings. The standard InChI is InChI=1S/C13H20O3S/c1-16-12(15)8-13(5-6-13)9-17-11-4-2-3-10(14)7-11/h11H,2-9H2,1H3. The molecule has 2 aliphatic carbocycles. The molecule has 96 valence electrons. The average molecular weight is 256 g/mol. The second kappa shape index (κ2) is 5.42. The van der Waals surface area contributed by atoms with E-state index in [9.17, 15) is 9.59 Å². The Morgan fingerprint density at radius 2 is 2.29 bits per heavy atom. The number of hydrogen-bond donors (Lipinski definition) is 0. The van der Waals surface area contributed by atoms with Crippen molar-refractivity contribution >= 4 is 23.5 Å². The van der Waals surface area contributed by atoms with E-state index in [1.54, 1.807) is 0 Å². The molecule has 2 fully saturated rings. The van der Waals surface area contributed by atoms with Crippen molar-refractivity contribution in [2.24, 2.45) is 5.41 Å². The first-order chi connectivity index (χ1) is 8.13. The van der Waals surface area contributed by atoms with E-state index in [1.165, 1.54) is 7.11 Å². The Hall–Kier alpha value is -0.510. The Bertz CT molecular complexity index is 310. The third kappa shape index (κ3) is 3.73. The van der Waals surface area contributed by atoms with Gasteiger partial charge in [0.15, 0.2) is 0 Å². The monoisotopic (exact) mass is 256 g/mol. The molecule has 0 amide bonds. The Morgan fingerprint density at radius 3 is 2.88 bits per heavy atom. The number of Topliss-reactive ketones (excluding diaryl/α,β-unsaturated/α-hetero) is 1. The van der Waals surface area contributed by atoms with Crippen LogP contribution in [0, 0.1) is 5.41 Å². The van der Waals surface area contributed by atoms with E-state index >= 15 is 0 Å². The summed E-state index contributed by atoms with van der Waals surface area (Å²) in [5.41, 5.74) is 0.193. The van der Waals surface area contributed by atoms with E-state index in [4.69, 9.17) is 4.74 Å². The maximum absolute atomic E-state index is 11.4. The molecule has 0 aromatic rings. The molecule has 0 N–H and O–H groups in total. The van der Waals surface area contributed by atoms with Crippen molar-refractivity contribution in [3.63, 3.8) is 0 Å². The van der Waals surface area contributed by atoms with Crippen molar-refractivity contribution in [1.82, 2.24) is 0 Å². The molecule has 1 unspecified atom stereocenters. The van der Waals surface area contributed by atoms with Crippen molar-refractivity contribution < 1.29 is 14.3 Å².